The summed E-state index contributed by atoms with van der Waals surface area (Å²) in [5.74, 6) is 0.00122. The average molecular weight is 299 g/mol. The summed E-state index contributed by atoms with van der Waals surface area (Å²) in [6, 6.07) is 17.3. The molecule has 1 atom stereocenters. The molecule has 4 nitrogen and oxygen atoms in total. The Morgan fingerprint density at radius 1 is 1.09 bits per heavy atom. The first-order valence-electron chi connectivity index (χ1n) is 7.35. The maximum atomic E-state index is 10.9. The number of aliphatic carboxylic acids is 1. The lowest BCUT2D eigenvalue weighted by atomic mass is 10.1. The zero-order valence-corrected chi connectivity index (χ0v) is 12.7. The molecule has 0 spiro atoms. The van der Waals surface area contributed by atoms with Crippen molar-refractivity contribution in [3.8, 4) is 5.75 Å². The van der Waals surface area contributed by atoms with Crippen LogP contribution in [0.5, 0.6) is 5.75 Å². The molecular formula is C18H21NO3. The van der Waals surface area contributed by atoms with Crippen LogP contribution in [0.1, 0.15) is 17.5 Å². The molecule has 4 heteroatoms. The fraction of sp³-hybridized carbons (Fsp3) is 0.278. The first-order chi connectivity index (χ1) is 10.7. The molecule has 0 amide bonds. The summed E-state index contributed by atoms with van der Waals surface area (Å²) in [7, 11) is 1.67. The average Bonchev–Trinajstić information content (AvgIpc) is 2.55. The van der Waals surface area contributed by atoms with Gasteiger partial charge in [0.2, 0.25) is 0 Å². The van der Waals surface area contributed by atoms with Crippen LogP contribution in [0.25, 0.3) is 0 Å². The van der Waals surface area contributed by atoms with E-state index in [0.29, 0.717) is 13.0 Å². The summed E-state index contributed by atoms with van der Waals surface area (Å²) in [6.45, 7) is 0.543. The summed E-state index contributed by atoms with van der Waals surface area (Å²) in [5, 5.41) is 11.8. The molecule has 2 N–H and O–H groups in total. The number of carboxylic acids is 1. The highest BCUT2D eigenvalue weighted by molar-refractivity contribution is 5.73. The molecule has 0 aromatic heterocycles. The summed E-state index contributed by atoms with van der Waals surface area (Å²) < 4.78 is 5.73. The van der Waals surface area contributed by atoms with E-state index in [9.17, 15) is 4.79 Å². The molecule has 22 heavy (non-hydrogen) atoms. The lowest BCUT2D eigenvalue weighted by Gasteiger charge is -2.11. The molecule has 2 aromatic carbocycles. The molecule has 0 aliphatic rings. The molecule has 0 aliphatic carbocycles. The minimum absolute atomic E-state index is 0.506. The van der Waals surface area contributed by atoms with Crippen molar-refractivity contribution in [2.75, 3.05) is 7.05 Å². The zero-order valence-electron chi connectivity index (χ0n) is 12.7. The summed E-state index contributed by atoms with van der Waals surface area (Å²) in [5.41, 5.74) is 2.23. The van der Waals surface area contributed by atoms with Crippen LogP contribution in [0.4, 0.5) is 0 Å². The standard InChI is InChI=1S/C18H21NO3/c1-19-17(18(20)21)12-9-14-7-10-16(11-8-14)22-13-15-5-3-2-4-6-15/h2-8,10-11,17,19H,9,12-13H2,1H3,(H,20,21)/t17-/m0/s1. The Hall–Kier alpha value is -2.33. The fourth-order valence-corrected chi connectivity index (χ4v) is 2.20. The number of aryl methyl sites for hydroxylation is 1. The van der Waals surface area contributed by atoms with Crippen molar-refractivity contribution in [3.05, 3.63) is 65.7 Å². The molecule has 0 unspecified atom stereocenters. The van der Waals surface area contributed by atoms with Gasteiger partial charge < -0.3 is 15.2 Å². The lowest BCUT2D eigenvalue weighted by molar-refractivity contribution is -0.139. The third kappa shape index (κ3) is 4.90. The predicted octanol–water partition coefficient (Wildman–Crippen LogP) is 2.87. The van der Waals surface area contributed by atoms with Crippen LogP contribution in [0.3, 0.4) is 0 Å². The van der Waals surface area contributed by atoms with Gasteiger partial charge in [0.25, 0.3) is 0 Å². The van der Waals surface area contributed by atoms with E-state index in [1.54, 1.807) is 7.05 Å². The third-order valence-electron chi connectivity index (χ3n) is 3.54. The van der Waals surface area contributed by atoms with Crippen LogP contribution in [0.15, 0.2) is 54.6 Å². The van der Waals surface area contributed by atoms with Crippen LogP contribution in [-0.2, 0) is 17.8 Å². The minimum Gasteiger partial charge on any atom is -0.489 e. The molecule has 0 aliphatic heterocycles. The molecule has 0 saturated carbocycles. The van der Waals surface area contributed by atoms with Crippen LogP contribution in [-0.4, -0.2) is 24.2 Å². The van der Waals surface area contributed by atoms with E-state index >= 15 is 0 Å². The number of likely N-dealkylation sites (N-methyl/N-ethyl adjacent to an activating group) is 1. The van der Waals surface area contributed by atoms with Crippen LogP contribution >= 0.6 is 0 Å². The number of carbonyl (C=O) groups is 1. The second-order valence-electron chi connectivity index (χ2n) is 5.14. The number of hydrogen-bond donors (Lipinski definition) is 2. The minimum atomic E-state index is -0.815. The monoisotopic (exact) mass is 299 g/mol. The topological polar surface area (TPSA) is 58.6 Å². The van der Waals surface area contributed by atoms with E-state index in [4.69, 9.17) is 9.84 Å². The second kappa shape index (κ2) is 8.20. The van der Waals surface area contributed by atoms with Gasteiger partial charge in [-0.25, -0.2) is 0 Å². The van der Waals surface area contributed by atoms with Crippen molar-refractivity contribution >= 4 is 5.97 Å². The van der Waals surface area contributed by atoms with Crippen molar-refractivity contribution in [1.82, 2.24) is 5.32 Å². The Morgan fingerprint density at radius 3 is 2.36 bits per heavy atom. The third-order valence-corrected chi connectivity index (χ3v) is 3.54. The Labute approximate surface area is 130 Å². The van der Waals surface area contributed by atoms with E-state index in [1.807, 2.05) is 54.6 Å². The molecule has 0 heterocycles. The van der Waals surface area contributed by atoms with Gasteiger partial charge in [0, 0.05) is 0 Å². The van der Waals surface area contributed by atoms with E-state index in [1.165, 1.54) is 0 Å². The highest BCUT2D eigenvalue weighted by atomic mass is 16.5. The van der Waals surface area contributed by atoms with Crippen LogP contribution < -0.4 is 10.1 Å². The Morgan fingerprint density at radius 2 is 1.77 bits per heavy atom. The summed E-state index contributed by atoms with van der Waals surface area (Å²) in [4.78, 5) is 10.9. The van der Waals surface area contributed by atoms with Gasteiger partial charge in [-0.1, -0.05) is 42.5 Å². The van der Waals surface area contributed by atoms with E-state index in [0.717, 1.165) is 23.3 Å². The molecule has 0 bridgehead atoms. The summed E-state index contributed by atoms with van der Waals surface area (Å²) >= 11 is 0. The molecule has 116 valence electrons. The number of benzene rings is 2. The molecule has 2 rings (SSSR count). The van der Waals surface area contributed by atoms with Gasteiger partial charge in [-0.3, -0.25) is 4.79 Å². The lowest BCUT2D eigenvalue weighted by Crippen LogP contribution is -2.34. The van der Waals surface area contributed by atoms with Crippen molar-refractivity contribution in [3.63, 3.8) is 0 Å². The number of ether oxygens (including phenoxy) is 1. The normalized spacial score (nSPS) is 11.9. The van der Waals surface area contributed by atoms with Gasteiger partial charge in [0.15, 0.2) is 0 Å². The zero-order chi connectivity index (χ0) is 15.8. The summed E-state index contributed by atoms with van der Waals surface area (Å²) in [6.07, 6.45) is 1.28. The van der Waals surface area contributed by atoms with E-state index < -0.39 is 12.0 Å². The number of hydrogen-bond acceptors (Lipinski definition) is 3. The second-order valence-corrected chi connectivity index (χ2v) is 5.14. The predicted molar refractivity (Wildman–Crippen MR) is 86.0 cm³/mol. The van der Waals surface area contributed by atoms with Crippen LogP contribution in [0.2, 0.25) is 0 Å². The van der Waals surface area contributed by atoms with Crippen molar-refractivity contribution in [2.24, 2.45) is 0 Å². The molecular weight excluding hydrogens is 278 g/mol. The highest BCUT2D eigenvalue weighted by Gasteiger charge is 2.14. The smallest absolute Gasteiger partial charge is 0.320 e. The first-order valence-corrected chi connectivity index (χ1v) is 7.35. The van der Waals surface area contributed by atoms with Gasteiger partial charge in [0.05, 0.1) is 0 Å². The number of nitrogens with one attached hydrogen (secondary N) is 1. The quantitative estimate of drug-likeness (QED) is 0.787. The largest absolute Gasteiger partial charge is 0.489 e. The maximum absolute atomic E-state index is 10.9. The number of carboxylic acid groups (broad SMARTS) is 1. The molecule has 0 radical (unpaired) electrons. The molecule has 0 fully saturated rings. The Balaban J connectivity index is 1.83. The fourth-order valence-electron chi connectivity index (χ4n) is 2.20. The maximum Gasteiger partial charge on any atom is 0.320 e. The molecule has 2 aromatic rings. The van der Waals surface area contributed by atoms with Gasteiger partial charge >= 0.3 is 5.97 Å². The van der Waals surface area contributed by atoms with Gasteiger partial charge in [0.1, 0.15) is 18.4 Å². The first kappa shape index (κ1) is 16.0. The Kier molecular flexibility index (Phi) is 5.98. The van der Waals surface area contributed by atoms with E-state index in [-0.39, 0.29) is 0 Å². The number of rotatable bonds is 8. The van der Waals surface area contributed by atoms with Crippen molar-refractivity contribution in [1.29, 1.82) is 0 Å². The highest BCUT2D eigenvalue weighted by Crippen LogP contribution is 2.15. The molecule has 0 saturated heterocycles. The van der Waals surface area contributed by atoms with Gasteiger partial charge in [-0.2, -0.15) is 0 Å². The van der Waals surface area contributed by atoms with Gasteiger partial charge in [-0.15, -0.1) is 0 Å². The van der Waals surface area contributed by atoms with Gasteiger partial charge in [-0.05, 0) is 43.1 Å². The van der Waals surface area contributed by atoms with E-state index in [2.05, 4.69) is 5.32 Å². The van der Waals surface area contributed by atoms with Crippen molar-refractivity contribution in [2.45, 2.75) is 25.5 Å². The van der Waals surface area contributed by atoms with Crippen LogP contribution in [0, 0.1) is 0 Å². The van der Waals surface area contributed by atoms with Crippen molar-refractivity contribution < 1.29 is 14.6 Å². The Bertz CT molecular complexity index is 581. The SMILES string of the molecule is CN[C@@H](CCc1ccc(OCc2ccccc2)cc1)C(=O)O.